The Morgan fingerprint density at radius 1 is 1.15 bits per heavy atom. The first-order valence-electron chi connectivity index (χ1n) is 10.6. The van der Waals surface area contributed by atoms with Gasteiger partial charge in [-0.1, -0.05) is 49.9 Å². The minimum Gasteiger partial charge on any atom is -0.494 e. The maximum atomic E-state index is 13.3. The lowest BCUT2D eigenvalue weighted by Gasteiger charge is -2.19. The van der Waals surface area contributed by atoms with Crippen molar-refractivity contribution in [1.82, 2.24) is 8.87 Å². The Bertz CT molecular complexity index is 1420. The van der Waals surface area contributed by atoms with E-state index in [2.05, 4.69) is 9.98 Å². The van der Waals surface area contributed by atoms with Gasteiger partial charge >= 0.3 is 0 Å². The molecule has 8 nitrogen and oxygen atoms in total. The number of aromatic hydroxyl groups is 1. The van der Waals surface area contributed by atoms with Crippen molar-refractivity contribution in [2.45, 2.75) is 18.7 Å². The predicted molar refractivity (Wildman–Crippen MR) is 134 cm³/mol. The highest BCUT2D eigenvalue weighted by molar-refractivity contribution is 8.14. The smallest absolute Gasteiger partial charge is 0.265 e. The number of rotatable bonds is 6. The third kappa shape index (κ3) is 4.33. The summed E-state index contributed by atoms with van der Waals surface area (Å²) in [6.45, 7) is 4.88. The fourth-order valence-corrected chi connectivity index (χ4v) is 5.92. The van der Waals surface area contributed by atoms with E-state index in [0.29, 0.717) is 41.1 Å². The molecule has 0 spiro atoms. The van der Waals surface area contributed by atoms with Gasteiger partial charge in [0.25, 0.3) is 5.56 Å². The molecule has 1 aliphatic heterocycles. The van der Waals surface area contributed by atoms with Gasteiger partial charge in [0.05, 0.1) is 22.7 Å². The van der Waals surface area contributed by atoms with Gasteiger partial charge in [-0.05, 0) is 24.3 Å². The molecule has 0 unspecified atom stereocenters. The minimum absolute atomic E-state index is 0.0510. The van der Waals surface area contributed by atoms with Gasteiger partial charge in [-0.25, -0.2) is 18.0 Å². The van der Waals surface area contributed by atoms with Gasteiger partial charge in [0.15, 0.2) is 5.17 Å². The van der Waals surface area contributed by atoms with Crippen molar-refractivity contribution >= 4 is 43.9 Å². The van der Waals surface area contributed by atoms with Crippen LogP contribution in [0.3, 0.4) is 0 Å². The van der Waals surface area contributed by atoms with E-state index in [-0.39, 0.29) is 16.5 Å². The Labute approximate surface area is 196 Å². The second-order valence-electron chi connectivity index (χ2n) is 7.28. The molecule has 1 aromatic heterocycles. The van der Waals surface area contributed by atoms with Crippen LogP contribution in [0.25, 0.3) is 16.5 Å². The second kappa shape index (κ2) is 9.50. The molecule has 0 amide bonds. The van der Waals surface area contributed by atoms with Crippen molar-refractivity contribution in [1.29, 1.82) is 0 Å². The van der Waals surface area contributed by atoms with Crippen molar-refractivity contribution < 1.29 is 13.5 Å². The summed E-state index contributed by atoms with van der Waals surface area (Å²) in [5, 5.41) is 12.7. The molecule has 0 atom stereocenters. The number of fused-ring (bicyclic) bond motifs is 1. The second-order valence-corrected chi connectivity index (χ2v) is 10.3. The van der Waals surface area contributed by atoms with Crippen LogP contribution in [0.15, 0.2) is 68.2 Å². The lowest BCUT2D eigenvalue weighted by Crippen LogP contribution is -2.30. The van der Waals surface area contributed by atoms with Crippen LogP contribution in [0.1, 0.15) is 19.4 Å². The van der Waals surface area contributed by atoms with Crippen molar-refractivity contribution in [2.24, 2.45) is 9.98 Å². The first-order valence-corrected chi connectivity index (χ1v) is 13.0. The van der Waals surface area contributed by atoms with E-state index in [9.17, 15) is 18.3 Å². The normalized spacial score (nSPS) is 14.5. The maximum Gasteiger partial charge on any atom is 0.265 e. The van der Waals surface area contributed by atoms with Crippen molar-refractivity contribution in [2.75, 3.05) is 25.4 Å². The average molecular weight is 485 g/mol. The number of amidine groups is 1. The van der Waals surface area contributed by atoms with E-state index in [1.807, 2.05) is 0 Å². The van der Waals surface area contributed by atoms with Gasteiger partial charge in [-0.3, -0.25) is 9.79 Å². The molecule has 1 aliphatic rings. The largest absolute Gasteiger partial charge is 0.494 e. The molecule has 0 bridgehead atoms. The molecule has 0 saturated carbocycles. The lowest BCUT2D eigenvalue weighted by molar-refractivity contribution is 0.435. The predicted octanol–water partition coefficient (Wildman–Crippen LogP) is 3.25. The van der Waals surface area contributed by atoms with Crippen LogP contribution in [0.4, 0.5) is 0 Å². The Kier molecular flexibility index (Phi) is 6.68. The number of sulfonamides is 1. The molecule has 4 rings (SSSR count). The topological polar surface area (TPSA) is 104 Å². The van der Waals surface area contributed by atoms with Gasteiger partial charge < -0.3 is 5.11 Å². The molecule has 0 aliphatic carbocycles. The zero-order valence-corrected chi connectivity index (χ0v) is 19.9. The monoisotopic (exact) mass is 484 g/mol. The average Bonchev–Trinajstić information content (AvgIpc) is 3.34. The molecule has 0 radical (unpaired) electrons. The Morgan fingerprint density at radius 2 is 1.88 bits per heavy atom. The van der Waals surface area contributed by atoms with Gasteiger partial charge in [0.1, 0.15) is 0 Å². The fourth-order valence-electron chi connectivity index (χ4n) is 3.75. The minimum atomic E-state index is -3.74. The number of thioether (sulfide) groups is 1. The Morgan fingerprint density at radius 3 is 2.55 bits per heavy atom. The van der Waals surface area contributed by atoms with E-state index >= 15 is 0 Å². The van der Waals surface area contributed by atoms with Crippen LogP contribution in [0.2, 0.25) is 0 Å². The fraction of sp³-hybridized carbons (Fsp3) is 0.261. The number of pyridine rings is 1. The molecule has 10 heteroatoms. The van der Waals surface area contributed by atoms with Gasteiger partial charge in [-0.15, -0.1) is 0 Å². The third-order valence-electron chi connectivity index (χ3n) is 5.40. The third-order valence-corrected chi connectivity index (χ3v) is 8.32. The van der Waals surface area contributed by atoms with Crippen LogP contribution in [0.5, 0.6) is 5.88 Å². The van der Waals surface area contributed by atoms with Gasteiger partial charge in [-0.2, -0.15) is 4.31 Å². The molecule has 33 heavy (non-hydrogen) atoms. The van der Waals surface area contributed by atoms with Crippen LogP contribution in [0, 0.1) is 0 Å². The molecule has 2 heterocycles. The van der Waals surface area contributed by atoms with Crippen molar-refractivity contribution in [3.63, 3.8) is 0 Å². The van der Waals surface area contributed by atoms with Crippen LogP contribution < -0.4 is 5.56 Å². The molecular weight excluding hydrogens is 460 g/mol. The summed E-state index contributed by atoms with van der Waals surface area (Å²) in [7, 11) is -3.74. The summed E-state index contributed by atoms with van der Waals surface area (Å²) >= 11 is 1.52. The SMILES string of the molecule is CCN(CC)S(=O)(=O)c1cccc(-n2c(O)c(/C=N/C3=NCCS3)c3ccccc3c2=O)c1. The Hall–Kier alpha value is -2.95. The molecule has 1 N–H and O–H groups in total. The first kappa shape index (κ1) is 23.2. The van der Waals surface area contributed by atoms with Crippen molar-refractivity contribution in [3.8, 4) is 11.6 Å². The highest BCUT2D eigenvalue weighted by atomic mass is 32.2. The number of aliphatic imine (C=N–C) groups is 2. The lowest BCUT2D eigenvalue weighted by atomic mass is 10.1. The molecule has 3 aromatic rings. The van der Waals surface area contributed by atoms with E-state index < -0.39 is 15.6 Å². The highest BCUT2D eigenvalue weighted by Gasteiger charge is 2.23. The molecule has 0 fully saturated rings. The summed E-state index contributed by atoms with van der Waals surface area (Å²) in [5.41, 5.74) is 0.154. The first-order chi connectivity index (χ1) is 15.9. The van der Waals surface area contributed by atoms with Crippen LogP contribution >= 0.6 is 11.8 Å². The summed E-state index contributed by atoms with van der Waals surface area (Å²) < 4.78 is 28.5. The van der Waals surface area contributed by atoms with E-state index in [4.69, 9.17) is 0 Å². The molecule has 2 aromatic carbocycles. The number of hydrogen-bond acceptors (Lipinski definition) is 7. The van der Waals surface area contributed by atoms with E-state index in [0.717, 1.165) is 10.3 Å². The standard InChI is InChI=1S/C23H24N4O4S2/c1-3-26(4-2)33(30,31)17-9-7-8-16(14-17)27-21(28)19-11-6-5-10-18(19)20(22(27)29)15-25-23-24-12-13-32-23/h5-11,14-15,29H,3-4,12-13H2,1-2H3/b25-15+. The summed E-state index contributed by atoms with van der Waals surface area (Å²) in [4.78, 5) is 22.1. The van der Waals surface area contributed by atoms with E-state index in [1.165, 1.54) is 34.4 Å². The number of hydrogen-bond donors (Lipinski definition) is 1. The van der Waals surface area contributed by atoms with Gasteiger partial charge in [0.2, 0.25) is 15.9 Å². The quantitative estimate of drug-likeness (QED) is 0.541. The zero-order valence-electron chi connectivity index (χ0n) is 18.3. The number of aromatic nitrogens is 1. The summed E-state index contributed by atoms with van der Waals surface area (Å²) in [5.74, 6) is 0.538. The number of nitrogens with zero attached hydrogens (tertiary/aromatic N) is 4. The zero-order chi connectivity index (χ0) is 23.6. The molecule has 172 valence electrons. The van der Waals surface area contributed by atoms with E-state index in [1.54, 1.807) is 50.2 Å². The van der Waals surface area contributed by atoms with Crippen molar-refractivity contribution in [3.05, 3.63) is 64.4 Å². The molecular formula is C23H24N4O4S2. The number of benzene rings is 2. The van der Waals surface area contributed by atoms with Crippen LogP contribution in [-0.4, -0.2) is 59.2 Å². The molecule has 0 saturated heterocycles. The highest BCUT2D eigenvalue weighted by Crippen LogP contribution is 2.28. The Balaban J connectivity index is 1.93. The van der Waals surface area contributed by atoms with Gasteiger partial charge in [0, 0.05) is 35.8 Å². The summed E-state index contributed by atoms with van der Waals surface area (Å²) in [6, 6.07) is 13.0. The van der Waals surface area contributed by atoms with Crippen LogP contribution in [-0.2, 0) is 10.0 Å². The summed E-state index contributed by atoms with van der Waals surface area (Å²) in [6.07, 6.45) is 1.50. The maximum absolute atomic E-state index is 13.3.